The van der Waals surface area contributed by atoms with Crippen molar-refractivity contribution in [3.8, 4) is 0 Å². The molecule has 18 heavy (non-hydrogen) atoms. The Morgan fingerprint density at radius 3 is 2.83 bits per heavy atom. The van der Waals surface area contributed by atoms with Crippen molar-refractivity contribution in [3.63, 3.8) is 0 Å². The van der Waals surface area contributed by atoms with E-state index >= 15 is 0 Å². The fourth-order valence-electron chi connectivity index (χ4n) is 1.41. The summed E-state index contributed by atoms with van der Waals surface area (Å²) in [4.78, 5) is 24.8. The minimum Gasteiger partial charge on any atom is -0.460 e. The first-order valence-electron chi connectivity index (χ1n) is 4.98. The molecule has 0 spiro atoms. The smallest absolute Gasteiger partial charge is 0.395 e. The van der Waals surface area contributed by atoms with Crippen LogP contribution in [0.15, 0.2) is 18.2 Å². The molecule has 0 bridgehead atoms. The van der Waals surface area contributed by atoms with Gasteiger partial charge in [0.15, 0.2) is 0 Å². The van der Waals surface area contributed by atoms with E-state index in [1.165, 1.54) is 18.2 Å². The lowest BCUT2D eigenvalue weighted by atomic mass is 10.1. The lowest BCUT2D eigenvalue weighted by Gasteiger charge is -2.07. The number of hydrogen-bond donors (Lipinski definition) is 0. The van der Waals surface area contributed by atoms with Crippen LogP contribution in [-0.4, -0.2) is 17.5 Å². The van der Waals surface area contributed by atoms with Crippen molar-refractivity contribution < 1.29 is 14.5 Å². The number of nitro benzene ring substituents is 1. The molecule has 0 heterocycles. The van der Waals surface area contributed by atoms with Crippen molar-refractivity contribution >= 4 is 23.3 Å². The van der Waals surface area contributed by atoms with Crippen molar-refractivity contribution in [2.24, 2.45) is 0 Å². The van der Waals surface area contributed by atoms with E-state index in [-0.39, 0.29) is 22.9 Å². The summed E-state index contributed by atoms with van der Waals surface area (Å²) in [6, 6.07) is 2.55. The molecule has 0 fully saturated rings. The number of hydrogen-bond acceptors (Lipinski definition) is 4. The van der Waals surface area contributed by atoms with E-state index in [4.69, 9.17) is 22.9 Å². The van der Waals surface area contributed by atoms with E-state index in [1.807, 2.05) is 0 Å². The molecule has 0 aliphatic carbocycles. The number of rotatable bonds is 4. The molecule has 1 aromatic rings. The third kappa shape index (κ3) is 2.76. The summed E-state index contributed by atoms with van der Waals surface area (Å²) in [5.41, 5.74) is -0.492. The fourth-order valence-corrected chi connectivity index (χ4v) is 1.68. The maximum atomic E-state index is 11.6. The van der Waals surface area contributed by atoms with Gasteiger partial charge in [-0.25, -0.2) is 11.4 Å². The summed E-state index contributed by atoms with van der Waals surface area (Å²) in [6.45, 7) is 8.65. The molecule has 94 valence electrons. The Balaban J connectivity index is 3.34. The zero-order chi connectivity index (χ0) is 13.7. The predicted octanol–water partition coefficient (Wildman–Crippen LogP) is 2.77. The quantitative estimate of drug-likeness (QED) is 0.364. The molecule has 1 aromatic carbocycles. The number of nitrogens with zero attached hydrogens (tertiary/aromatic N) is 2. The zero-order valence-corrected chi connectivity index (χ0v) is 10.2. The standard InChI is InChI=1S/C11H9ClN2O4/c1-3-18-11(15)10(13-2)9-7(12)5-4-6-8(9)14(16)17/h4-6,10H,3H2,1H3. The third-order valence-electron chi connectivity index (χ3n) is 2.14. The van der Waals surface area contributed by atoms with Gasteiger partial charge in [-0.1, -0.05) is 17.7 Å². The molecular weight excluding hydrogens is 260 g/mol. The van der Waals surface area contributed by atoms with Crippen LogP contribution >= 0.6 is 11.6 Å². The average molecular weight is 269 g/mol. The van der Waals surface area contributed by atoms with Gasteiger partial charge in [-0.05, 0) is 13.0 Å². The van der Waals surface area contributed by atoms with E-state index in [2.05, 4.69) is 4.85 Å². The number of benzene rings is 1. The topological polar surface area (TPSA) is 73.8 Å². The Bertz CT molecular complexity index is 524. The highest BCUT2D eigenvalue weighted by Gasteiger charge is 2.36. The lowest BCUT2D eigenvalue weighted by molar-refractivity contribution is -0.385. The molecule has 0 aliphatic rings. The second kappa shape index (κ2) is 5.98. The Hall–Kier alpha value is -2.13. The summed E-state index contributed by atoms with van der Waals surface area (Å²) >= 11 is 5.84. The molecule has 0 amide bonds. The normalized spacial score (nSPS) is 11.4. The Labute approximate surface area is 108 Å². The molecule has 1 rings (SSSR count). The van der Waals surface area contributed by atoms with Crippen LogP contribution in [0.5, 0.6) is 0 Å². The van der Waals surface area contributed by atoms with Crippen molar-refractivity contribution in [2.75, 3.05) is 6.61 Å². The molecular formula is C11H9ClN2O4. The second-order valence-corrected chi connectivity index (χ2v) is 3.62. The Morgan fingerprint density at radius 2 is 2.33 bits per heavy atom. The van der Waals surface area contributed by atoms with Crippen molar-refractivity contribution in [1.29, 1.82) is 0 Å². The molecule has 6 nitrogen and oxygen atoms in total. The van der Waals surface area contributed by atoms with Crippen molar-refractivity contribution in [2.45, 2.75) is 13.0 Å². The van der Waals surface area contributed by atoms with Gasteiger partial charge < -0.3 is 4.74 Å². The molecule has 0 saturated carbocycles. The van der Waals surface area contributed by atoms with Crippen molar-refractivity contribution in [1.82, 2.24) is 0 Å². The number of carbonyl (C=O) groups is 1. The van der Waals surface area contributed by atoms with Gasteiger partial charge in [-0.2, -0.15) is 0 Å². The number of ether oxygens (including phenoxy) is 1. The lowest BCUT2D eigenvalue weighted by Crippen LogP contribution is -2.14. The molecule has 7 heteroatoms. The van der Waals surface area contributed by atoms with E-state index in [1.54, 1.807) is 6.92 Å². The van der Waals surface area contributed by atoms with Gasteiger partial charge in [0, 0.05) is 6.07 Å². The highest BCUT2D eigenvalue weighted by molar-refractivity contribution is 6.32. The first-order valence-corrected chi connectivity index (χ1v) is 5.36. The van der Waals surface area contributed by atoms with Gasteiger partial charge in [0.05, 0.1) is 16.6 Å². The molecule has 0 aliphatic heterocycles. The van der Waals surface area contributed by atoms with E-state index < -0.39 is 16.9 Å². The van der Waals surface area contributed by atoms with Gasteiger partial charge >= 0.3 is 12.0 Å². The van der Waals surface area contributed by atoms with Crippen LogP contribution in [0.4, 0.5) is 5.69 Å². The van der Waals surface area contributed by atoms with Crippen LogP contribution in [0.3, 0.4) is 0 Å². The van der Waals surface area contributed by atoms with E-state index in [0.29, 0.717) is 0 Å². The van der Waals surface area contributed by atoms with Gasteiger partial charge in [0.25, 0.3) is 5.69 Å². The van der Waals surface area contributed by atoms with Crippen molar-refractivity contribution in [3.05, 3.63) is 50.3 Å². The number of carbonyl (C=O) groups excluding carboxylic acids is 1. The largest absolute Gasteiger partial charge is 0.460 e. The van der Waals surface area contributed by atoms with Crippen LogP contribution in [0.1, 0.15) is 18.5 Å². The predicted molar refractivity (Wildman–Crippen MR) is 64.1 cm³/mol. The highest BCUT2D eigenvalue weighted by atomic mass is 35.5. The van der Waals surface area contributed by atoms with Gasteiger partial charge in [-0.3, -0.25) is 15.0 Å². The SMILES string of the molecule is [C-]#[N+]C(C(=O)OCC)c1c(Cl)cccc1[N+](=O)[O-]. The first-order chi connectivity index (χ1) is 8.52. The van der Waals surface area contributed by atoms with Crippen LogP contribution in [0.25, 0.3) is 4.85 Å². The van der Waals surface area contributed by atoms with Gasteiger partial charge in [0.1, 0.15) is 5.56 Å². The first kappa shape index (κ1) is 13.9. The Morgan fingerprint density at radius 1 is 1.67 bits per heavy atom. The molecule has 0 radical (unpaired) electrons. The molecule has 0 aromatic heterocycles. The van der Waals surface area contributed by atoms with Crippen LogP contribution in [0, 0.1) is 16.7 Å². The van der Waals surface area contributed by atoms with Gasteiger partial charge in [-0.15, -0.1) is 0 Å². The maximum absolute atomic E-state index is 11.6. The van der Waals surface area contributed by atoms with Crippen LogP contribution in [-0.2, 0) is 9.53 Å². The summed E-state index contributed by atoms with van der Waals surface area (Å²) in [7, 11) is 0. The number of esters is 1. The fraction of sp³-hybridized carbons (Fsp3) is 0.273. The summed E-state index contributed by atoms with van der Waals surface area (Å²) in [5.74, 6) is -0.844. The molecule has 1 atom stereocenters. The van der Waals surface area contributed by atoms with E-state index in [9.17, 15) is 14.9 Å². The minimum absolute atomic E-state index is 0.00162. The van der Waals surface area contributed by atoms with Crippen LogP contribution < -0.4 is 0 Å². The average Bonchev–Trinajstić information content (AvgIpc) is 2.32. The summed E-state index contributed by atoms with van der Waals surface area (Å²) in [5, 5.41) is 10.9. The monoisotopic (exact) mass is 268 g/mol. The minimum atomic E-state index is -1.42. The van der Waals surface area contributed by atoms with Crippen LogP contribution in [0.2, 0.25) is 5.02 Å². The molecule has 0 saturated heterocycles. The Kier molecular flexibility index (Phi) is 4.63. The second-order valence-electron chi connectivity index (χ2n) is 3.21. The third-order valence-corrected chi connectivity index (χ3v) is 2.47. The number of halogens is 1. The molecule has 1 unspecified atom stereocenters. The number of nitro groups is 1. The highest BCUT2D eigenvalue weighted by Crippen LogP contribution is 2.34. The summed E-state index contributed by atoms with van der Waals surface area (Å²) in [6.07, 6.45) is 0. The van der Waals surface area contributed by atoms with Gasteiger partial charge in [0.2, 0.25) is 0 Å². The summed E-state index contributed by atoms with van der Waals surface area (Å²) < 4.78 is 4.71. The van der Waals surface area contributed by atoms with E-state index in [0.717, 1.165) is 0 Å². The molecule has 0 N–H and O–H groups in total. The zero-order valence-electron chi connectivity index (χ0n) is 9.42. The maximum Gasteiger partial charge on any atom is 0.395 e.